The van der Waals surface area contributed by atoms with Crippen LogP contribution >= 0.6 is 23.1 Å². The highest BCUT2D eigenvalue weighted by molar-refractivity contribution is 8.03. The van der Waals surface area contributed by atoms with Crippen molar-refractivity contribution < 1.29 is 9.53 Å². The van der Waals surface area contributed by atoms with E-state index in [1.54, 1.807) is 0 Å². The quantitative estimate of drug-likeness (QED) is 0.415. The number of methoxy groups -OCH3 is 1. The van der Waals surface area contributed by atoms with Crippen molar-refractivity contribution in [2.45, 2.75) is 36.3 Å². The zero-order valence-corrected chi connectivity index (χ0v) is 18.6. The van der Waals surface area contributed by atoms with Crippen molar-refractivity contribution in [3.05, 3.63) is 53.3 Å². The number of rotatable bonds is 8. The van der Waals surface area contributed by atoms with Crippen LogP contribution in [0.25, 0.3) is 11.1 Å². The largest absolute Gasteiger partial charge is 0.468 e. The van der Waals surface area contributed by atoms with Crippen molar-refractivity contribution in [2.24, 2.45) is 0 Å². The third kappa shape index (κ3) is 5.77. The fourth-order valence-electron chi connectivity index (χ4n) is 2.57. The minimum absolute atomic E-state index is 0.257. The van der Waals surface area contributed by atoms with Crippen LogP contribution in [0.1, 0.15) is 25.1 Å². The number of aryl methyl sites for hydroxylation is 1. The van der Waals surface area contributed by atoms with E-state index in [2.05, 4.69) is 51.5 Å². The van der Waals surface area contributed by atoms with Gasteiger partial charge in [-0.2, -0.15) is 0 Å². The lowest BCUT2D eigenvalue weighted by atomic mass is 10.1. The molecular formula is C21H24N4O2S2. The molecule has 152 valence electrons. The maximum Gasteiger partial charge on any atom is 0.321 e. The van der Waals surface area contributed by atoms with E-state index < -0.39 is 4.75 Å². The molecule has 0 amide bonds. The summed E-state index contributed by atoms with van der Waals surface area (Å²) in [6, 6.07) is 8.29. The fraction of sp³-hybridized carbons (Fsp3) is 0.333. The van der Waals surface area contributed by atoms with Crippen LogP contribution in [-0.2, 0) is 16.0 Å². The van der Waals surface area contributed by atoms with Gasteiger partial charge in [-0.25, -0.2) is 15.0 Å². The predicted octanol–water partition coefficient (Wildman–Crippen LogP) is 4.61. The predicted molar refractivity (Wildman–Crippen MR) is 118 cm³/mol. The van der Waals surface area contributed by atoms with Crippen molar-refractivity contribution in [1.29, 1.82) is 0 Å². The van der Waals surface area contributed by atoms with E-state index in [1.165, 1.54) is 35.8 Å². The Labute approximate surface area is 179 Å². The van der Waals surface area contributed by atoms with Gasteiger partial charge in [-0.15, -0.1) is 11.3 Å². The first-order valence-corrected chi connectivity index (χ1v) is 10.9. The molecule has 0 radical (unpaired) electrons. The second kappa shape index (κ2) is 9.37. The summed E-state index contributed by atoms with van der Waals surface area (Å²) in [5.74, 6) is 0.338. The number of hydrogen-bond donors (Lipinski definition) is 1. The zero-order chi connectivity index (χ0) is 20.9. The normalized spacial score (nSPS) is 11.3. The number of nitrogens with zero attached hydrogens (tertiary/aromatic N) is 3. The van der Waals surface area contributed by atoms with E-state index in [0.717, 1.165) is 27.6 Å². The van der Waals surface area contributed by atoms with Crippen molar-refractivity contribution >= 4 is 35.0 Å². The van der Waals surface area contributed by atoms with Gasteiger partial charge < -0.3 is 10.1 Å². The van der Waals surface area contributed by atoms with Gasteiger partial charge >= 0.3 is 5.97 Å². The Bertz CT molecular complexity index is 954. The summed E-state index contributed by atoms with van der Waals surface area (Å²) < 4.78 is 5.04. The molecule has 0 unspecified atom stereocenters. The molecular weight excluding hydrogens is 404 g/mol. The van der Waals surface area contributed by atoms with E-state index in [1.807, 2.05) is 31.6 Å². The highest BCUT2D eigenvalue weighted by atomic mass is 32.2. The molecule has 0 bridgehead atoms. The van der Waals surface area contributed by atoms with Crippen molar-refractivity contribution in [1.82, 2.24) is 15.0 Å². The molecule has 0 aliphatic carbocycles. The fourth-order valence-corrected chi connectivity index (χ4v) is 4.88. The van der Waals surface area contributed by atoms with Gasteiger partial charge in [-0.1, -0.05) is 41.6 Å². The molecule has 1 aromatic carbocycles. The van der Waals surface area contributed by atoms with Crippen LogP contribution in [-0.4, -0.2) is 39.3 Å². The first kappa shape index (κ1) is 21.3. The van der Waals surface area contributed by atoms with E-state index >= 15 is 0 Å². The van der Waals surface area contributed by atoms with Gasteiger partial charge in [0.25, 0.3) is 0 Å². The number of thioether (sulfide) groups is 1. The Kier molecular flexibility index (Phi) is 6.87. The number of nitrogens with one attached hydrogen (secondary N) is 1. The van der Waals surface area contributed by atoms with Gasteiger partial charge in [-0.05, 0) is 26.3 Å². The summed E-state index contributed by atoms with van der Waals surface area (Å²) >= 11 is 2.95. The SMILES string of the molecule is COC(=O)C(C)(C)Sc1nc(CCNc2ncc(-c3ccc(C)cc3)cn2)cs1. The lowest BCUT2D eigenvalue weighted by Gasteiger charge is -2.18. The summed E-state index contributed by atoms with van der Waals surface area (Å²) in [5, 5.41) is 5.24. The molecule has 29 heavy (non-hydrogen) atoms. The van der Waals surface area contributed by atoms with Gasteiger partial charge in [0.05, 0.1) is 12.8 Å². The molecule has 2 heterocycles. The second-order valence-corrected chi connectivity index (χ2v) is 9.77. The number of esters is 1. The Morgan fingerprint density at radius 3 is 2.52 bits per heavy atom. The highest BCUT2D eigenvalue weighted by Gasteiger charge is 2.31. The third-order valence-electron chi connectivity index (χ3n) is 4.25. The lowest BCUT2D eigenvalue weighted by molar-refractivity contribution is -0.142. The molecule has 0 aliphatic heterocycles. The Hall–Kier alpha value is -2.45. The minimum atomic E-state index is -0.658. The minimum Gasteiger partial charge on any atom is -0.468 e. The molecule has 0 atom stereocenters. The van der Waals surface area contributed by atoms with Gasteiger partial charge in [0, 0.05) is 36.3 Å². The van der Waals surface area contributed by atoms with E-state index in [0.29, 0.717) is 12.5 Å². The van der Waals surface area contributed by atoms with Gasteiger partial charge in [0.2, 0.25) is 5.95 Å². The van der Waals surface area contributed by atoms with Crippen LogP contribution in [0.4, 0.5) is 5.95 Å². The number of thiazole rings is 1. The van der Waals surface area contributed by atoms with Crippen LogP contribution in [0.5, 0.6) is 0 Å². The van der Waals surface area contributed by atoms with E-state index in [9.17, 15) is 4.79 Å². The molecule has 3 aromatic rings. The monoisotopic (exact) mass is 428 g/mol. The van der Waals surface area contributed by atoms with Crippen LogP contribution in [0.2, 0.25) is 0 Å². The molecule has 8 heteroatoms. The summed E-state index contributed by atoms with van der Waals surface area (Å²) in [6.45, 7) is 6.42. The molecule has 0 saturated carbocycles. The van der Waals surface area contributed by atoms with E-state index in [4.69, 9.17) is 4.74 Å². The molecule has 2 aromatic heterocycles. The Morgan fingerprint density at radius 1 is 1.17 bits per heavy atom. The number of hydrogen-bond acceptors (Lipinski definition) is 8. The summed E-state index contributed by atoms with van der Waals surface area (Å²) in [5.41, 5.74) is 4.29. The van der Waals surface area contributed by atoms with Gasteiger partial charge in [0.15, 0.2) is 4.34 Å². The van der Waals surface area contributed by atoms with Crippen LogP contribution in [0.3, 0.4) is 0 Å². The average molecular weight is 429 g/mol. The van der Waals surface area contributed by atoms with Crippen LogP contribution < -0.4 is 5.32 Å². The summed E-state index contributed by atoms with van der Waals surface area (Å²) in [6.07, 6.45) is 4.40. The number of anilines is 1. The molecule has 1 N–H and O–H groups in total. The highest BCUT2D eigenvalue weighted by Crippen LogP contribution is 2.35. The third-order valence-corrected chi connectivity index (χ3v) is 6.42. The van der Waals surface area contributed by atoms with Gasteiger partial charge in [-0.3, -0.25) is 4.79 Å². The first-order chi connectivity index (χ1) is 13.9. The standard InChI is InChI=1S/C21H24N4O2S2/c1-14-5-7-15(8-6-14)16-11-23-19(24-12-16)22-10-9-17-13-28-20(25-17)29-21(2,3)18(26)27-4/h5-8,11-13H,9-10H2,1-4H3,(H,22,23,24). The topological polar surface area (TPSA) is 77.0 Å². The van der Waals surface area contributed by atoms with Gasteiger partial charge in [0.1, 0.15) is 4.75 Å². The summed E-state index contributed by atoms with van der Waals surface area (Å²) in [4.78, 5) is 25.2. The Morgan fingerprint density at radius 2 is 1.86 bits per heavy atom. The number of carbonyl (C=O) groups is 1. The second-order valence-electron chi connectivity index (χ2n) is 7.05. The number of ether oxygens (including phenoxy) is 1. The molecule has 0 spiro atoms. The van der Waals surface area contributed by atoms with Crippen LogP contribution in [0, 0.1) is 6.92 Å². The molecule has 3 rings (SSSR count). The maximum absolute atomic E-state index is 11.8. The number of aromatic nitrogens is 3. The Balaban J connectivity index is 1.51. The smallest absolute Gasteiger partial charge is 0.321 e. The summed E-state index contributed by atoms with van der Waals surface area (Å²) in [7, 11) is 1.40. The lowest BCUT2D eigenvalue weighted by Crippen LogP contribution is -2.28. The van der Waals surface area contributed by atoms with Crippen molar-refractivity contribution in [2.75, 3.05) is 19.0 Å². The maximum atomic E-state index is 11.8. The first-order valence-electron chi connectivity index (χ1n) is 9.22. The molecule has 0 saturated heterocycles. The molecule has 0 aliphatic rings. The molecule has 0 fully saturated rings. The van der Waals surface area contributed by atoms with Crippen molar-refractivity contribution in [3.8, 4) is 11.1 Å². The number of benzene rings is 1. The van der Waals surface area contributed by atoms with E-state index in [-0.39, 0.29) is 5.97 Å². The number of carbonyl (C=O) groups excluding carboxylic acids is 1. The van der Waals surface area contributed by atoms with Crippen LogP contribution in [0.15, 0.2) is 46.4 Å². The average Bonchev–Trinajstić information content (AvgIpc) is 3.15. The van der Waals surface area contributed by atoms with Crippen molar-refractivity contribution in [3.63, 3.8) is 0 Å². The molecule has 6 nitrogen and oxygen atoms in total. The zero-order valence-electron chi connectivity index (χ0n) is 16.9.